The normalized spacial score (nSPS) is 24.8. The molecule has 2 aliphatic rings. The minimum Gasteiger partial charge on any atom is -0.381 e. The third-order valence-corrected chi connectivity index (χ3v) is 3.76. The van der Waals surface area contributed by atoms with Crippen LogP contribution in [0.2, 0.25) is 0 Å². The summed E-state index contributed by atoms with van der Waals surface area (Å²) in [5, 5.41) is 3.37. The third kappa shape index (κ3) is 5.04. The van der Waals surface area contributed by atoms with E-state index >= 15 is 0 Å². The Balaban J connectivity index is 0.00000200. The van der Waals surface area contributed by atoms with E-state index in [9.17, 15) is 0 Å². The maximum atomic E-state index is 5.43. The lowest BCUT2D eigenvalue weighted by molar-refractivity contribution is -0.0946. The predicted molar refractivity (Wildman–Crippen MR) is 91.9 cm³/mol. The highest BCUT2D eigenvalue weighted by molar-refractivity contribution is 14.0. The number of nitrogens with zero attached hydrogens (tertiary/aromatic N) is 2. The van der Waals surface area contributed by atoms with E-state index in [4.69, 9.17) is 14.5 Å². The molecule has 0 amide bonds. The van der Waals surface area contributed by atoms with Gasteiger partial charge in [-0.3, -0.25) is 4.99 Å². The Morgan fingerprint density at radius 1 is 1.40 bits per heavy atom. The van der Waals surface area contributed by atoms with Crippen molar-refractivity contribution in [3.63, 3.8) is 0 Å². The summed E-state index contributed by atoms with van der Waals surface area (Å²) >= 11 is 0. The van der Waals surface area contributed by atoms with Gasteiger partial charge in [0.25, 0.3) is 0 Å². The molecule has 118 valence electrons. The predicted octanol–water partition coefficient (Wildman–Crippen LogP) is 1.57. The Labute approximate surface area is 139 Å². The smallest absolute Gasteiger partial charge is 0.193 e. The van der Waals surface area contributed by atoms with Crippen molar-refractivity contribution in [3.8, 4) is 0 Å². The summed E-state index contributed by atoms with van der Waals surface area (Å²) in [6.45, 7) is 10.5. The van der Waals surface area contributed by atoms with Gasteiger partial charge in [0.1, 0.15) is 0 Å². The summed E-state index contributed by atoms with van der Waals surface area (Å²) in [5.74, 6) is 1.64. The van der Waals surface area contributed by atoms with E-state index in [1.807, 2.05) is 0 Å². The monoisotopic (exact) mass is 397 g/mol. The minimum atomic E-state index is 0. The highest BCUT2D eigenvalue weighted by Gasteiger charge is 2.33. The number of halogens is 1. The van der Waals surface area contributed by atoms with Crippen molar-refractivity contribution < 1.29 is 9.47 Å². The van der Waals surface area contributed by atoms with Crippen molar-refractivity contribution in [2.24, 2.45) is 16.3 Å². The third-order valence-electron chi connectivity index (χ3n) is 3.76. The van der Waals surface area contributed by atoms with Gasteiger partial charge in [0.15, 0.2) is 5.96 Å². The van der Waals surface area contributed by atoms with E-state index in [1.165, 1.54) is 0 Å². The van der Waals surface area contributed by atoms with Gasteiger partial charge in [-0.2, -0.15) is 0 Å². The van der Waals surface area contributed by atoms with Crippen molar-refractivity contribution in [2.45, 2.75) is 20.3 Å². The largest absolute Gasteiger partial charge is 0.381 e. The van der Waals surface area contributed by atoms with Crippen molar-refractivity contribution in [3.05, 3.63) is 0 Å². The second kappa shape index (κ2) is 8.38. The van der Waals surface area contributed by atoms with Gasteiger partial charge in [0.05, 0.1) is 26.4 Å². The van der Waals surface area contributed by atoms with Crippen LogP contribution in [0, 0.1) is 11.3 Å². The zero-order valence-corrected chi connectivity index (χ0v) is 15.2. The van der Waals surface area contributed by atoms with Gasteiger partial charge in [0.2, 0.25) is 0 Å². The van der Waals surface area contributed by atoms with Gasteiger partial charge in [-0.25, -0.2) is 0 Å². The Kier molecular flexibility index (Phi) is 7.53. The molecular weight excluding hydrogens is 369 g/mol. The summed E-state index contributed by atoms with van der Waals surface area (Å²) in [6.07, 6.45) is 1.16. The molecule has 0 bridgehead atoms. The number of nitrogens with one attached hydrogen (secondary N) is 1. The number of rotatable bonds is 5. The lowest BCUT2D eigenvalue weighted by atomic mass is 9.89. The first-order valence-corrected chi connectivity index (χ1v) is 7.28. The van der Waals surface area contributed by atoms with Crippen LogP contribution in [0.3, 0.4) is 0 Å². The van der Waals surface area contributed by atoms with E-state index in [0.717, 1.165) is 58.4 Å². The van der Waals surface area contributed by atoms with Crippen molar-refractivity contribution >= 4 is 29.9 Å². The Bertz CT molecular complexity index is 316. The fraction of sp³-hybridized carbons (Fsp3) is 0.929. The highest BCUT2D eigenvalue weighted by atomic mass is 127. The zero-order valence-electron chi connectivity index (χ0n) is 12.9. The van der Waals surface area contributed by atoms with Crippen molar-refractivity contribution in [1.29, 1.82) is 0 Å². The number of hydrogen-bond acceptors (Lipinski definition) is 3. The maximum Gasteiger partial charge on any atom is 0.193 e. The topological polar surface area (TPSA) is 46.1 Å². The summed E-state index contributed by atoms with van der Waals surface area (Å²) < 4.78 is 10.7. The molecule has 5 nitrogen and oxygen atoms in total. The molecule has 0 aliphatic carbocycles. The number of guanidine groups is 1. The van der Waals surface area contributed by atoms with Crippen LogP contribution in [0.4, 0.5) is 0 Å². The molecule has 2 heterocycles. The van der Waals surface area contributed by atoms with Crippen LogP contribution in [-0.4, -0.2) is 64.0 Å². The van der Waals surface area contributed by atoms with Gasteiger partial charge in [-0.1, -0.05) is 6.92 Å². The lowest BCUT2D eigenvalue weighted by Crippen LogP contribution is -2.45. The first-order chi connectivity index (χ1) is 9.13. The molecule has 0 aromatic carbocycles. The molecule has 2 aliphatic heterocycles. The number of ether oxygens (including phenoxy) is 2. The van der Waals surface area contributed by atoms with E-state index < -0.39 is 0 Å². The number of hydrogen-bond donors (Lipinski definition) is 1. The van der Waals surface area contributed by atoms with Crippen LogP contribution >= 0.6 is 24.0 Å². The molecule has 6 heteroatoms. The standard InChI is InChI=1S/C14H27N3O2.HI/c1-4-15-13(16-9-14(2)10-19-11-14)17(3)7-12-5-6-18-8-12;/h12H,4-11H2,1-3H3,(H,15,16);1H. The minimum absolute atomic E-state index is 0. The highest BCUT2D eigenvalue weighted by Crippen LogP contribution is 2.26. The molecule has 2 fully saturated rings. The zero-order chi connectivity index (χ0) is 13.7. The van der Waals surface area contributed by atoms with Gasteiger partial charge in [-0.05, 0) is 13.3 Å². The molecule has 0 saturated carbocycles. The Morgan fingerprint density at radius 3 is 2.65 bits per heavy atom. The second-order valence-corrected chi connectivity index (χ2v) is 6.08. The molecule has 0 radical (unpaired) electrons. The first-order valence-electron chi connectivity index (χ1n) is 7.28. The van der Waals surface area contributed by atoms with Gasteiger partial charge in [0, 0.05) is 38.1 Å². The average Bonchev–Trinajstić information content (AvgIpc) is 2.84. The molecule has 0 aromatic heterocycles. The van der Waals surface area contributed by atoms with Crippen LogP contribution in [0.25, 0.3) is 0 Å². The molecule has 2 rings (SSSR count). The first kappa shape index (κ1) is 18.0. The van der Waals surface area contributed by atoms with E-state index in [-0.39, 0.29) is 29.4 Å². The number of aliphatic imine (C=N–C) groups is 1. The fourth-order valence-corrected chi connectivity index (χ4v) is 2.48. The van der Waals surface area contributed by atoms with Crippen LogP contribution < -0.4 is 5.32 Å². The van der Waals surface area contributed by atoms with Gasteiger partial charge < -0.3 is 19.7 Å². The summed E-state index contributed by atoms with van der Waals surface area (Å²) in [7, 11) is 2.11. The van der Waals surface area contributed by atoms with Crippen molar-refractivity contribution in [1.82, 2.24) is 10.2 Å². The fourth-order valence-electron chi connectivity index (χ4n) is 2.48. The van der Waals surface area contributed by atoms with Crippen LogP contribution in [0.1, 0.15) is 20.3 Å². The van der Waals surface area contributed by atoms with Crippen molar-refractivity contribution in [2.75, 3.05) is 53.1 Å². The summed E-state index contributed by atoms with van der Waals surface area (Å²) in [5.41, 5.74) is 0.234. The molecule has 20 heavy (non-hydrogen) atoms. The molecule has 1 atom stereocenters. The lowest BCUT2D eigenvalue weighted by Gasteiger charge is -2.37. The second-order valence-electron chi connectivity index (χ2n) is 6.08. The quantitative estimate of drug-likeness (QED) is 0.435. The Hall–Kier alpha value is -0.0800. The average molecular weight is 397 g/mol. The maximum absolute atomic E-state index is 5.43. The van der Waals surface area contributed by atoms with E-state index in [1.54, 1.807) is 0 Å². The Morgan fingerprint density at radius 2 is 2.15 bits per heavy atom. The molecule has 2 saturated heterocycles. The van der Waals surface area contributed by atoms with Gasteiger partial charge >= 0.3 is 0 Å². The molecule has 0 spiro atoms. The van der Waals surface area contributed by atoms with Crippen LogP contribution in [-0.2, 0) is 9.47 Å². The molecule has 1 unspecified atom stereocenters. The molecule has 1 N–H and O–H groups in total. The summed E-state index contributed by atoms with van der Waals surface area (Å²) in [6, 6.07) is 0. The van der Waals surface area contributed by atoms with Gasteiger partial charge in [-0.15, -0.1) is 24.0 Å². The molecule has 0 aromatic rings. The SMILES string of the molecule is CCNC(=NCC1(C)COC1)N(C)CC1CCOC1.I. The van der Waals surface area contributed by atoms with Crippen LogP contribution in [0.15, 0.2) is 4.99 Å². The molecular formula is C14H28IN3O2. The van der Waals surface area contributed by atoms with E-state index in [0.29, 0.717) is 5.92 Å². The summed E-state index contributed by atoms with van der Waals surface area (Å²) in [4.78, 5) is 6.99. The van der Waals surface area contributed by atoms with E-state index in [2.05, 4.69) is 31.1 Å². The van der Waals surface area contributed by atoms with Crippen LogP contribution in [0.5, 0.6) is 0 Å².